The van der Waals surface area contributed by atoms with E-state index < -0.39 is 24.7 Å². The van der Waals surface area contributed by atoms with E-state index in [1.54, 1.807) is 26.8 Å². The zero-order valence-electron chi connectivity index (χ0n) is 16.1. The van der Waals surface area contributed by atoms with Gasteiger partial charge in [0.1, 0.15) is 11.6 Å². The number of aromatic nitrogens is 2. The molecule has 2 aromatic rings. The molecule has 29 heavy (non-hydrogen) atoms. The van der Waals surface area contributed by atoms with Gasteiger partial charge in [0.2, 0.25) is 5.91 Å². The van der Waals surface area contributed by atoms with Crippen LogP contribution in [0.15, 0.2) is 30.5 Å². The summed E-state index contributed by atoms with van der Waals surface area (Å²) in [6, 6.07) is 5.35. The second kappa shape index (κ2) is 9.35. The predicted molar refractivity (Wildman–Crippen MR) is 99.6 cm³/mol. The molecule has 2 amide bonds. The van der Waals surface area contributed by atoms with E-state index in [0.29, 0.717) is 17.0 Å². The van der Waals surface area contributed by atoms with Crippen molar-refractivity contribution in [2.75, 3.05) is 11.9 Å². The Kier molecular flexibility index (Phi) is 7.13. The number of alkyl halides is 3. The van der Waals surface area contributed by atoms with Gasteiger partial charge in [-0.25, -0.2) is 4.98 Å². The first-order valence-electron chi connectivity index (χ1n) is 8.82. The van der Waals surface area contributed by atoms with Crippen molar-refractivity contribution < 1.29 is 27.5 Å². The van der Waals surface area contributed by atoms with E-state index in [4.69, 9.17) is 0 Å². The van der Waals surface area contributed by atoms with Crippen LogP contribution in [0.3, 0.4) is 0 Å². The maximum Gasteiger partial charge on any atom is 0.422 e. The monoisotopic (exact) mass is 410 g/mol. The van der Waals surface area contributed by atoms with Gasteiger partial charge in [-0.05, 0) is 38.1 Å². The number of aryl methyl sites for hydroxylation is 1. The average Bonchev–Trinajstić information content (AvgIpc) is 2.65. The molecule has 0 fully saturated rings. The number of pyridine rings is 2. The summed E-state index contributed by atoms with van der Waals surface area (Å²) in [5.41, 5.74) is 1.31. The van der Waals surface area contributed by atoms with Crippen LogP contribution in [-0.2, 0) is 4.79 Å². The summed E-state index contributed by atoms with van der Waals surface area (Å²) in [5, 5.41) is 5.35. The van der Waals surface area contributed by atoms with Crippen LogP contribution in [0.25, 0.3) is 0 Å². The Labute approximate surface area is 165 Å². The minimum Gasteiger partial charge on any atom is -0.483 e. The molecular weight excluding hydrogens is 389 g/mol. The Bertz CT molecular complexity index is 870. The molecule has 2 rings (SSSR count). The van der Waals surface area contributed by atoms with E-state index in [9.17, 15) is 22.8 Å². The molecule has 0 bridgehead atoms. The fraction of sp³-hybridized carbons (Fsp3) is 0.368. The van der Waals surface area contributed by atoms with E-state index in [0.717, 1.165) is 0 Å². The van der Waals surface area contributed by atoms with E-state index in [2.05, 4.69) is 25.3 Å². The molecule has 0 unspecified atom stereocenters. The summed E-state index contributed by atoms with van der Waals surface area (Å²) in [6.07, 6.45) is -2.99. The summed E-state index contributed by atoms with van der Waals surface area (Å²) < 4.78 is 41.1. The smallest absolute Gasteiger partial charge is 0.422 e. The van der Waals surface area contributed by atoms with Crippen LogP contribution in [0.2, 0.25) is 0 Å². The highest BCUT2D eigenvalue weighted by Crippen LogP contribution is 2.20. The van der Waals surface area contributed by atoms with Crippen LogP contribution < -0.4 is 15.4 Å². The molecule has 0 aromatic carbocycles. The lowest BCUT2D eigenvalue weighted by atomic mass is 10.1. The molecule has 0 aliphatic rings. The molecule has 0 aliphatic heterocycles. The van der Waals surface area contributed by atoms with E-state index in [1.165, 1.54) is 24.4 Å². The molecule has 1 atom stereocenters. The highest BCUT2D eigenvalue weighted by atomic mass is 19.4. The number of nitrogens with one attached hydrogen (secondary N) is 2. The first-order valence-corrected chi connectivity index (χ1v) is 8.82. The lowest BCUT2D eigenvalue weighted by Crippen LogP contribution is -2.27. The fourth-order valence-corrected chi connectivity index (χ4v) is 2.35. The first kappa shape index (κ1) is 22.1. The quantitative estimate of drug-likeness (QED) is 0.728. The number of nitrogens with zero attached hydrogens (tertiary/aromatic N) is 2. The Morgan fingerprint density at radius 2 is 1.97 bits per heavy atom. The highest BCUT2D eigenvalue weighted by Gasteiger charge is 2.28. The van der Waals surface area contributed by atoms with Gasteiger partial charge < -0.3 is 15.4 Å². The number of anilines is 1. The van der Waals surface area contributed by atoms with Gasteiger partial charge in [0.15, 0.2) is 6.61 Å². The lowest BCUT2D eigenvalue weighted by Gasteiger charge is -2.15. The maximum absolute atomic E-state index is 12.5. The van der Waals surface area contributed by atoms with E-state index in [-0.39, 0.29) is 23.9 Å². The van der Waals surface area contributed by atoms with Gasteiger partial charge in [0, 0.05) is 17.7 Å². The van der Waals surface area contributed by atoms with Crippen LogP contribution in [0.5, 0.6) is 5.75 Å². The zero-order chi connectivity index (χ0) is 21.6. The lowest BCUT2D eigenvalue weighted by molar-refractivity contribution is -0.153. The Morgan fingerprint density at radius 1 is 1.24 bits per heavy atom. The maximum atomic E-state index is 12.5. The second-order valence-corrected chi connectivity index (χ2v) is 6.30. The molecule has 0 saturated heterocycles. The second-order valence-electron chi connectivity index (χ2n) is 6.30. The van der Waals surface area contributed by atoms with Gasteiger partial charge in [-0.15, -0.1) is 0 Å². The number of carbonyl (C=O) groups excluding carboxylic acids is 2. The largest absolute Gasteiger partial charge is 0.483 e. The molecule has 10 heteroatoms. The molecule has 0 saturated carbocycles. The third-order valence-corrected chi connectivity index (χ3v) is 3.76. The van der Waals surface area contributed by atoms with Gasteiger partial charge in [0.05, 0.1) is 17.9 Å². The van der Waals surface area contributed by atoms with E-state index >= 15 is 0 Å². The summed E-state index contributed by atoms with van der Waals surface area (Å²) in [4.78, 5) is 32.3. The Morgan fingerprint density at radius 3 is 2.55 bits per heavy atom. The third-order valence-electron chi connectivity index (χ3n) is 3.76. The summed E-state index contributed by atoms with van der Waals surface area (Å²) >= 11 is 0. The number of rotatable bonds is 7. The van der Waals surface area contributed by atoms with Crippen molar-refractivity contribution in [2.45, 2.75) is 39.4 Å². The first-order chi connectivity index (χ1) is 13.6. The molecule has 156 valence electrons. The number of hydrogen-bond donors (Lipinski definition) is 2. The standard InChI is InChI=1S/C19H21F3N4O3/c1-4-17(27)26-16-8-13(7-11(2)24-16)18(28)25-12(3)15-6-5-14(9-23-15)29-10-19(20,21)22/h5-9,12H,4,10H2,1-3H3,(H,25,28)(H,24,26,27)/t12-/m1/s1. The summed E-state index contributed by atoms with van der Waals surface area (Å²) in [7, 11) is 0. The van der Waals surface area contributed by atoms with Crippen molar-refractivity contribution in [3.8, 4) is 5.75 Å². The molecule has 7 nitrogen and oxygen atoms in total. The minimum absolute atomic E-state index is 0.0225. The average molecular weight is 410 g/mol. The van der Waals surface area contributed by atoms with Crippen molar-refractivity contribution in [3.05, 3.63) is 47.4 Å². The molecule has 2 heterocycles. The molecular formula is C19H21F3N4O3. The minimum atomic E-state index is -4.43. The van der Waals surface area contributed by atoms with Crippen molar-refractivity contribution in [1.82, 2.24) is 15.3 Å². The van der Waals surface area contributed by atoms with Gasteiger partial charge in [-0.2, -0.15) is 13.2 Å². The van der Waals surface area contributed by atoms with Crippen LogP contribution in [0, 0.1) is 6.92 Å². The normalized spacial score (nSPS) is 12.2. The van der Waals surface area contributed by atoms with Crippen LogP contribution >= 0.6 is 0 Å². The predicted octanol–water partition coefficient (Wildman–Crippen LogP) is 3.57. The van der Waals surface area contributed by atoms with Crippen molar-refractivity contribution in [2.24, 2.45) is 0 Å². The van der Waals surface area contributed by atoms with Gasteiger partial charge in [-0.3, -0.25) is 14.6 Å². The van der Waals surface area contributed by atoms with Gasteiger partial charge in [-0.1, -0.05) is 6.92 Å². The van der Waals surface area contributed by atoms with Crippen molar-refractivity contribution in [3.63, 3.8) is 0 Å². The van der Waals surface area contributed by atoms with Crippen LogP contribution in [-0.4, -0.2) is 34.6 Å². The Balaban J connectivity index is 2.04. The van der Waals surface area contributed by atoms with Crippen LogP contribution in [0.4, 0.5) is 19.0 Å². The Hall–Kier alpha value is -3.17. The number of halogens is 3. The molecule has 2 aromatic heterocycles. The summed E-state index contributed by atoms with van der Waals surface area (Å²) in [6.45, 7) is 3.68. The van der Waals surface area contributed by atoms with Crippen molar-refractivity contribution in [1.29, 1.82) is 0 Å². The number of carbonyl (C=O) groups is 2. The molecule has 2 N–H and O–H groups in total. The molecule has 0 spiro atoms. The number of hydrogen-bond acceptors (Lipinski definition) is 5. The summed E-state index contributed by atoms with van der Waals surface area (Å²) in [5.74, 6) is -0.376. The highest BCUT2D eigenvalue weighted by molar-refractivity contribution is 5.96. The number of amides is 2. The van der Waals surface area contributed by atoms with E-state index in [1.807, 2.05) is 0 Å². The van der Waals surface area contributed by atoms with Crippen LogP contribution in [0.1, 0.15) is 48.1 Å². The van der Waals surface area contributed by atoms with Crippen molar-refractivity contribution >= 4 is 17.6 Å². The zero-order valence-corrected chi connectivity index (χ0v) is 16.1. The topological polar surface area (TPSA) is 93.2 Å². The number of ether oxygens (including phenoxy) is 1. The third kappa shape index (κ3) is 7.05. The van der Waals surface area contributed by atoms with Gasteiger partial charge >= 0.3 is 6.18 Å². The van der Waals surface area contributed by atoms with Gasteiger partial charge in [0.25, 0.3) is 5.91 Å². The molecule has 0 aliphatic carbocycles. The fourth-order valence-electron chi connectivity index (χ4n) is 2.35. The molecule has 0 radical (unpaired) electrons. The SMILES string of the molecule is CCC(=O)Nc1cc(C(=O)N[C@H](C)c2ccc(OCC(F)(F)F)cn2)cc(C)n1.